The number of ether oxygens (including phenoxy) is 15. The predicted octanol–water partition coefficient (Wildman–Crippen LogP) is 0.121. The van der Waals surface area contributed by atoms with Gasteiger partial charge in [-0.1, -0.05) is 6.92 Å². The van der Waals surface area contributed by atoms with Gasteiger partial charge in [-0.2, -0.15) is 0 Å². The van der Waals surface area contributed by atoms with Crippen molar-refractivity contribution < 1.29 is 95.0 Å². The number of hydrogen-bond acceptors (Lipinski definition) is 21. The van der Waals surface area contributed by atoms with Gasteiger partial charge in [-0.3, -0.25) is 0 Å². The molecule has 0 radical (unpaired) electrons. The SMILES string of the molecule is CCN.CCNC(=O)OCCOCCOC.CNC(=O)OCCOCCOC.CNC(=O)OCCOCCOC.CNC(=O)OCCOCCOC.COCCOCCOC(N)=O. The molecule has 26 heteroatoms. The standard InChI is InChI=1S/C8H17NO4.3C7H15NO4.C6H13NO4.C2H7N/c1-3-9-8(10)13-7-6-12-5-4-11-2;3*1-8-7(9)12-6-5-11-4-3-10-2;1-9-2-3-10-4-5-11-6(7)8;1-2-3/h3-7H2,1-2H3,(H,9,10);3*3-6H2,1-2H3,(H,8,9);2-5H2,1H3,(H2,7,8);2-3H2,1H3. The van der Waals surface area contributed by atoms with Crippen molar-refractivity contribution in [3.05, 3.63) is 0 Å². The molecule has 0 saturated carbocycles. The average Bonchev–Trinajstić information content (AvgIpc) is 3.27. The maximum absolute atomic E-state index is 10.7. The zero-order chi connectivity index (χ0) is 48.9. The first kappa shape index (κ1) is 70.6. The van der Waals surface area contributed by atoms with E-state index in [-0.39, 0.29) is 33.0 Å². The minimum atomic E-state index is -0.777. The third-order valence-corrected chi connectivity index (χ3v) is 5.41. The molecule has 0 aliphatic heterocycles. The van der Waals surface area contributed by atoms with Crippen molar-refractivity contribution in [2.75, 3.05) is 202 Å². The quantitative estimate of drug-likeness (QED) is 0.0397. The lowest BCUT2D eigenvalue weighted by Crippen LogP contribution is -2.25. The van der Waals surface area contributed by atoms with Gasteiger partial charge in [0, 0.05) is 63.2 Å². The van der Waals surface area contributed by atoms with E-state index in [2.05, 4.69) is 40.2 Å². The van der Waals surface area contributed by atoms with Crippen LogP contribution in [-0.2, 0) is 71.1 Å². The summed E-state index contributed by atoms with van der Waals surface area (Å²) >= 11 is 0. The summed E-state index contributed by atoms with van der Waals surface area (Å²) in [5.74, 6) is 0. The summed E-state index contributed by atoms with van der Waals surface area (Å²) in [5.41, 5.74) is 9.54. The second-order valence-corrected chi connectivity index (χ2v) is 10.4. The van der Waals surface area contributed by atoms with E-state index in [4.69, 9.17) is 63.6 Å². The second-order valence-electron chi connectivity index (χ2n) is 10.4. The fourth-order valence-electron chi connectivity index (χ4n) is 2.61. The molecule has 63 heavy (non-hydrogen) atoms. The van der Waals surface area contributed by atoms with Gasteiger partial charge in [0.05, 0.1) is 99.1 Å². The number of nitrogens with two attached hydrogens (primary N) is 2. The molecule has 0 heterocycles. The summed E-state index contributed by atoms with van der Waals surface area (Å²) in [7, 11) is 12.5. The number of alkyl carbamates (subject to hydrolysis) is 4. The van der Waals surface area contributed by atoms with Crippen LogP contribution in [0.4, 0.5) is 24.0 Å². The first-order valence-corrected chi connectivity index (χ1v) is 19.8. The Morgan fingerprint density at radius 3 is 0.762 bits per heavy atom. The van der Waals surface area contributed by atoms with E-state index in [0.717, 1.165) is 6.54 Å². The smallest absolute Gasteiger partial charge is 0.407 e. The molecule has 380 valence electrons. The number of rotatable bonds is 31. The molecule has 0 aromatic carbocycles. The highest BCUT2D eigenvalue weighted by Crippen LogP contribution is 1.83. The monoisotopic (exact) mass is 931 g/mol. The summed E-state index contributed by atoms with van der Waals surface area (Å²) < 4.78 is 72.0. The molecule has 0 atom stereocenters. The van der Waals surface area contributed by atoms with Crippen molar-refractivity contribution in [1.29, 1.82) is 0 Å². The van der Waals surface area contributed by atoms with Crippen molar-refractivity contribution >= 4 is 30.5 Å². The minimum absolute atomic E-state index is 0.193. The number of carbonyl (C=O) groups is 5. The Morgan fingerprint density at radius 1 is 0.365 bits per heavy atom. The molecule has 5 amide bonds. The van der Waals surface area contributed by atoms with Crippen LogP contribution in [-0.4, -0.2) is 232 Å². The summed E-state index contributed by atoms with van der Waals surface area (Å²) in [5, 5.41) is 9.48. The van der Waals surface area contributed by atoms with Crippen molar-refractivity contribution in [2.24, 2.45) is 11.5 Å². The number of amides is 5. The van der Waals surface area contributed by atoms with Crippen LogP contribution in [0.3, 0.4) is 0 Å². The average molecular weight is 931 g/mol. The van der Waals surface area contributed by atoms with Gasteiger partial charge < -0.3 is 104 Å². The summed E-state index contributed by atoms with van der Waals surface area (Å²) in [4.78, 5) is 52.2. The highest BCUT2D eigenvalue weighted by molar-refractivity contribution is 5.67. The van der Waals surface area contributed by atoms with E-state index in [9.17, 15) is 24.0 Å². The van der Waals surface area contributed by atoms with Crippen molar-refractivity contribution in [2.45, 2.75) is 13.8 Å². The lowest BCUT2D eigenvalue weighted by molar-refractivity contribution is 0.0422. The van der Waals surface area contributed by atoms with Crippen LogP contribution in [0.15, 0.2) is 0 Å². The van der Waals surface area contributed by atoms with Crippen LogP contribution in [0, 0.1) is 0 Å². The zero-order valence-electron chi connectivity index (χ0n) is 39.4. The minimum Gasteiger partial charge on any atom is -0.447 e. The van der Waals surface area contributed by atoms with Crippen LogP contribution in [0.2, 0.25) is 0 Å². The first-order valence-electron chi connectivity index (χ1n) is 19.8. The van der Waals surface area contributed by atoms with Crippen LogP contribution in [0.5, 0.6) is 0 Å². The van der Waals surface area contributed by atoms with Gasteiger partial charge in [0.2, 0.25) is 0 Å². The second kappa shape index (κ2) is 69.6. The number of hydrogen-bond donors (Lipinski definition) is 6. The van der Waals surface area contributed by atoms with Crippen molar-refractivity contribution in [1.82, 2.24) is 21.3 Å². The fourth-order valence-corrected chi connectivity index (χ4v) is 2.61. The lowest BCUT2D eigenvalue weighted by atomic mass is 10.7. The number of primary amides is 1. The number of methoxy groups -OCH3 is 5. The Kier molecular flexibility index (Phi) is 78.0. The van der Waals surface area contributed by atoms with Gasteiger partial charge >= 0.3 is 30.5 Å². The maximum atomic E-state index is 10.7. The molecule has 26 nitrogen and oxygen atoms in total. The van der Waals surface area contributed by atoms with Gasteiger partial charge in [-0.15, -0.1) is 0 Å². The van der Waals surface area contributed by atoms with E-state index in [1.165, 1.54) is 21.1 Å². The van der Waals surface area contributed by atoms with Gasteiger partial charge in [-0.05, 0) is 13.5 Å². The zero-order valence-corrected chi connectivity index (χ0v) is 39.4. The molecule has 0 spiro atoms. The van der Waals surface area contributed by atoms with Gasteiger partial charge in [0.1, 0.15) is 33.0 Å². The molecular weight excluding hydrogens is 848 g/mol. The van der Waals surface area contributed by atoms with Crippen molar-refractivity contribution in [3.63, 3.8) is 0 Å². The largest absolute Gasteiger partial charge is 0.447 e. The molecular formula is C37H82N6O20. The van der Waals surface area contributed by atoms with Crippen LogP contribution >= 0.6 is 0 Å². The molecule has 0 saturated heterocycles. The molecule has 8 N–H and O–H groups in total. The van der Waals surface area contributed by atoms with Gasteiger partial charge in [0.15, 0.2) is 0 Å². The summed E-state index contributed by atoms with van der Waals surface area (Å²) in [6, 6.07) is 0. The van der Waals surface area contributed by atoms with Crippen LogP contribution in [0.25, 0.3) is 0 Å². The third kappa shape index (κ3) is 89.8. The topological polar surface area (TPSA) is 324 Å². The molecule has 0 aromatic rings. The highest BCUT2D eigenvalue weighted by Gasteiger charge is 1.99. The van der Waals surface area contributed by atoms with E-state index >= 15 is 0 Å². The van der Waals surface area contributed by atoms with Crippen molar-refractivity contribution in [3.8, 4) is 0 Å². The summed E-state index contributed by atoms with van der Waals surface area (Å²) in [6.45, 7) is 13.6. The van der Waals surface area contributed by atoms with Gasteiger partial charge in [0.25, 0.3) is 0 Å². The molecule has 0 aromatic heterocycles. The Bertz CT molecular complexity index is 869. The fraction of sp³-hybridized carbons (Fsp3) is 0.865. The number of carbonyl (C=O) groups excluding carboxylic acids is 5. The molecule has 0 aliphatic carbocycles. The van der Waals surface area contributed by atoms with E-state index in [0.29, 0.717) is 106 Å². The maximum Gasteiger partial charge on any atom is 0.407 e. The van der Waals surface area contributed by atoms with E-state index < -0.39 is 30.5 Å². The first-order chi connectivity index (χ1) is 30.4. The Morgan fingerprint density at radius 2 is 0.571 bits per heavy atom. The Balaban J connectivity index is -0.000000159. The molecule has 0 aliphatic rings. The van der Waals surface area contributed by atoms with Crippen LogP contribution in [0.1, 0.15) is 13.8 Å². The molecule has 0 unspecified atom stereocenters. The Hall–Kier alpha value is -4.09. The highest BCUT2D eigenvalue weighted by atomic mass is 16.6. The molecule has 0 rings (SSSR count). The molecule has 0 fully saturated rings. The normalized spacial score (nSPS) is 9.38. The molecule has 0 bridgehead atoms. The predicted molar refractivity (Wildman–Crippen MR) is 230 cm³/mol. The van der Waals surface area contributed by atoms with E-state index in [1.54, 1.807) is 35.5 Å². The van der Waals surface area contributed by atoms with Crippen LogP contribution < -0.4 is 32.7 Å². The Labute approximate surface area is 373 Å². The van der Waals surface area contributed by atoms with Gasteiger partial charge in [-0.25, -0.2) is 24.0 Å². The summed E-state index contributed by atoms with van der Waals surface area (Å²) in [6.07, 6.45) is -2.50. The third-order valence-electron chi connectivity index (χ3n) is 5.41. The number of nitrogens with one attached hydrogen (secondary N) is 4. The van der Waals surface area contributed by atoms with E-state index in [1.807, 2.05) is 13.8 Å². The lowest BCUT2D eigenvalue weighted by Gasteiger charge is -2.05.